The number of anilines is 1. The number of hydrogen-bond acceptors (Lipinski definition) is 5. The maximum atomic E-state index is 12.4. The Labute approximate surface area is 152 Å². The van der Waals surface area contributed by atoms with Gasteiger partial charge in [0.05, 0.1) is 4.90 Å². The normalized spacial score (nSPS) is 12.4. The molecule has 0 unspecified atom stereocenters. The third kappa shape index (κ3) is 4.73. The van der Waals surface area contributed by atoms with Crippen molar-refractivity contribution in [1.82, 2.24) is 10.1 Å². The molecule has 1 aromatic heterocycles. The first-order chi connectivity index (χ1) is 12.7. The molecule has 140 valence electrons. The van der Waals surface area contributed by atoms with Crippen LogP contribution < -0.4 is 4.72 Å². The molecule has 2 aromatic carbocycles. The molecule has 3 aromatic rings. The Morgan fingerprint density at radius 3 is 2.22 bits per heavy atom. The van der Waals surface area contributed by atoms with E-state index in [1.54, 1.807) is 30.3 Å². The molecular formula is C17H12F3N3O3S. The Kier molecular flexibility index (Phi) is 5.00. The second-order valence-corrected chi connectivity index (χ2v) is 7.01. The molecule has 0 bridgehead atoms. The van der Waals surface area contributed by atoms with Crippen LogP contribution in [0.5, 0.6) is 0 Å². The van der Waals surface area contributed by atoms with Gasteiger partial charge in [0.15, 0.2) is 5.82 Å². The lowest BCUT2D eigenvalue weighted by atomic mass is 10.2. The van der Waals surface area contributed by atoms with Crippen molar-refractivity contribution in [2.75, 3.05) is 4.72 Å². The minimum atomic E-state index is -4.70. The van der Waals surface area contributed by atoms with Gasteiger partial charge in [-0.25, -0.2) is 8.42 Å². The average Bonchev–Trinajstić information content (AvgIpc) is 3.11. The molecule has 27 heavy (non-hydrogen) atoms. The molecule has 0 aliphatic carbocycles. The van der Waals surface area contributed by atoms with Crippen LogP contribution in [0.4, 0.5) is 18.9 Å². The van der Waals surface area contributed by atoms with E-state index in [0.29, 0.717) is 11.3 Å². The summed E-state index contributed by atoms with van der Waals surface area (Å²) in [6, 6.07) is 14.1. The van der Waals surface area contributed by atoms with Gasteiger partial charge < -0.3 is 4.52 Å². The smallest absolute Gasteiger partial charge is 0.329 e. The summed E-state index contributed by atoms with van der Waals surface area (Å²) in [4.78, 5) is 3.35. The maximum Gasteiger partial charge on any atom is 0.471 e. The zero-order valence-electron chi connectivity index (χ0n) is 13.5. The van der Waals surface area contributed by atoms with Crippen LogP contribution in [0.25, 0.3) is 12.2 Å². The summed E-state index contributed by atoms with van der Waals surface area (Å²) in [5.74, 6) is -1.65. The molecule has 10 heteroatoms. The highest BCUT2D eigenvalue weighted by atomic mass is 32.2. The van der Waals surface area contributed by atoms with Crippen molar-refractivity contribution < 1.29 is 26.1 Å². The number of nitrogens with one attached hydrogen (secondary N) is 1. The molecule has 0 radical (unpaired) electrons. The van der Waals surface area contributed by atoms with Crippen LogP contribution in [0.3, 0.4) is 0 Å². The molecule has 0 atom stereocenters. The Bertz CT molecular complexity index is 1040. The van der Waals surface area contributed by atoms with Gasteiger partial charge in [-0.2, -0.15) is 18.2 Å². The van der Waals surface area contributed by atoms with Gasteiger partial charge >= 0.3 is 12.1 Å². The molecule has 0 spiro atoms. The van der Waals surface area contributed by atoms with Crippen molar-refractivity contribution >= 4 is 27.9 Å². The summed E-state index contributed by atoms with van der Waals surface area (Å²) in [5.41, 5.74) is 0.950. The summed E-state index contributed by atoms with van der Waals surface area (Å²) in [5, 5.41) is 3.21. The predicted octanol–water partition coefficient (Wildman–Crippen LogP) is 4.06. The largest absolute Gasteiger partial charge is 0.471 e. The summed E-state index contributed by atoms with van der Waals surface area (Å²) < 4.78 is 68.2. The average molecular weight is 395 g/mol. The van der Waals surface area contributed by atoms with Crippen molar-refractivity contribution in [2.45, 2.75) is 11.1 Å². The van der Waals surface area contributed by atoms with E-state index in [1.807, 2.05) is 0 Å². The van der Waals surface area contributed by atoms with Crippen LogP contribution in [0.15, 0.2) is 64.0 Å². The van der Waals surface area contributed by atoms with Gasteiger partial charge in [-0.1, -0.05) is 41.6 Å². The number of alkyl halides is 3. The summed E-state index contributed by atoms with van der Waals surface area (Å²) in [6.45, 7) is 0. The van der Waals surface area contributed by atoms with E-state index in [4.69, 9.17) is 0 Å². The molecule has 0 fully saturated rings. The Morgan fingerprint density at radius 2 is 1.63 bits per heavy atom. The van der Waals surface area contributed by atoms with E-state index in [-0.39, 0.29) is 10.7 Å². The Hall–Kier alpha value is -3.14. The first kappa shape index (κ1) is 18.6. The zero-order valence-corrected chi connectivity index (χ0v) is 14.3. The van der Waals surface area contributed by atoms with Gasteiger partial charge in [0, 0.05) is 5.69 Å². The standard InChI is InChI=1S/C17H12F3N3O3S/c18-17(19,20)16-21-15(22-26-16)11-8-12-6-9-13(10-7-12)23-27(24,25)14-4-2-1-3-5-14/h1-11,23H. The van der Waals surface area contributed by atoms with Crippen molar-refractivity contribution in [3.63, 3.8) is 0 Å². The molecule has 0 aliphatic heterocycles. The molecular weight excluding hydrogens is 383 g/mol. The Balaban J connectivity index is 1.69. The van der Waals surface area contributed by atoms with E-state index >= 15 is 0 Å². The van der Waals surface area contributed by atoms with E-state index in [9.17, 15) is 21.6 Å². The lowest BCUT2D eigenvalue weighted by molar-refractivity contribution is -0.159. The Morgan fingerprint density at radius 1 is 0.963 bits per heavy atom. The molecule has 3 rings (SSSR count). The monoisotopic (exact) mass is 395 g/mol. The molecule has 1 N–H and O–H groups in total. The number of benzene rings is 2. The minimum absolute atomic E-state index is 0.131. The van der Waals surface area contributed by atoms with Crippen molar-refractivity contribution in [3.8, 4) is 0 Å². The van der Waals surface area contributed by atoms with Crippen LogP contribution in [0.2, 0.25) is 0 Å². The van der Waals surface area contributed by atoms with Crippen molar-refractivity contribution in [2.24, 2.45) is 0 Å². The number of aromatic nitrogens is 2. The highest BCUT2D eigenvalue weighted by Gasteiger charge is 2.38. The van der Waals surface area contributed by atoms with E-state index in [1.165, 1.54) is 36.4 Å². The highest BCUT2D eigenvalue weighted by molar-refractivity contribution is 7.92. The number of sulfonamides is 1. The molecule has 0 saturated carbocycles. The van der Waals surface area contributed by atoms with Crippen molar-refractivity contribution in [1.29, 1.82) is 0 Å². The van der Waals surface area contributed by atoms with Crippen LogP contribution >= 0.6 is 0 Å². The maximum absolute atomic E-state index is 12.4. The molecule has 0 aliphatic rings. The number of halogens is 3. The SMILES string of the molecule is O=S(=O)(Nc1ccc(C=Cc2noc(C(F)(F)F)n2)cc1)c1ccccc1. The molecule has 0 saturated heterocycles. The number of rotatable bonds is 5. The van der Waals surface area contributed by atoms with Gasteiger partial charge in [-0.15, -0.1) is 0 Å². The lowest BCUT2D eigenvalue weighted by Gasteiger charge is -2.08. The summed E-state index contributed by atoms with van der Waals surface area (Å²) in [7, 11) is -3.70. The van der Waals surface area contributed by atoms with Gasteiger partial charge in [-0.05, 0) is 35.9 Å². The third-order valence-corrected chi connectivity index (χ3v) is 4.72. The van der Waals surface area contributed by atoms with Crippen LogP contribution in [-0.4, -0.2) is 18.6 Å². The van der Waals surface area contributed by atoms with Crippen molar-refractivity contribution in [3.05, 3.63) is 71.9 Å². The fraction of sp³-hybridized carbons (Fsp3) is 0.0588. The number of hydrogen-bond donors (Lipinski definition) is 1. The number of nitrogens with zero attached hydrogens (tertiary/aromatic N) is 2. The summed E-state index contributed by atoms with van der Waals surface area (Å²) >= 11 is 0. The first-order valence-corrected chi connectivity index (χ1v) is 8.99. The molecule has 6 nitrogen and oxygen atoms in total. The highest BCUT2D eigenvalue weighted by Crippen LogP contribution is 2.27. The van der Waals surface area contributed by atoms with E-state index in [2.05, 4.69) is 19.4 Å². The van der Waals surface area contributed by atoms with E-state index in [0.717, 1.165) is 0 Å². The topological polar surface area (TPSA) is 85.1 Å². The predicted molar refractivity (Wildman–Crippen MR) is 91.9 cm³/mol. The summed E-state index contributed by atoms with van der Waals surface area (Å²) in [6.07, 6.45) is -1.97. The quantitative estimate of drug-likeness (QED) is 0.704. The van der Waals surface area contributed by atoms with Crippen LogP contribution in [0, 0.1) is 0 Å². The van der Waals surface area contributed by atoms with Gasteiger partial charge in [-0.3, -0.25) is 4.72 Å². The van der Waals surface area contributed by atoms with Gasteiger partial charge in [0.2, 0.25) is 0 Å². The van der Waals surface area contributed by atoms with Gasteiger partial charge in [0.1, 0.15) is 0 Å². The zero-order chi connectivity index (χ0) is 19.5. The fourth-order valence-corrected chi connectivity index (χ4v) is 3.14. The minimum Gasteiger partial charge on any atom is -0.329 e. The third-order valence-electron chi connectivity index (χ3n) is 3.33. The second kappa shape index (κ2) is 7.23. The first-order valence-electron chi connectivity index (χ1n) is 7.51. The van der Waals surface area contributed by atoms with Crippen LogP contribution in [-0.2, 0) is 16.2 Å². The van der Waals surface area contributed by atoms with E-state index < -0.39 is 22.1 Å². The lowest BCUT2D eigenvalue weighted by Crippen LogP contribution is -2.12. The molecule has 0 amide bonds. The van der Waals surface area contributed by atoms with Crippen LogP contribution in [0.1, 0.15) is 17.3 Å². The molecule has 1 heterocycles. The second-order valence-electron chi connectivity index (χ2n) is 5.33. The fourth-order valence-electron chi connectivity index (χ4n) is 2.06. The van der Waals surface area contributed by atoms with Gasteiger partial charge in [0.25, 0.3) is 10.0 Å².